The predicted molar refractivity (Wildman–Crippen MR) is 85.5 cm³/mol. The molecule has 0 bridgehead atoms. The number of amides is 1. The van der Waals surface area contributed by atoms with Gasteiger partial charge in [-0.05, 0) is 38.0 Å². The number of hydrogen-bond donors (Lipinski definition) is 1. The number of carbonyl (C=O) groups is 2. The number of benzene rings is 1. The van der Waals surface area contributed by atoms with Crippen molar-refractivity contribution in [2.45, 2.75) is 33.2 Å². The van der Waals surface area contributed by atoms with E-state index in [4.69, 9.17) is 9.47 Å². The van der Waals surface area contributed by atoms with Gasteiger partial charge in [-0.15, -0.1) is 0 Å². The van der Waals surface area contributed by atoms with Crippen LogP contribution in [-0.2, 0) is 4.79 Å². The van der Waals surface area contributed by atoms with Crippen LogP contribution in [0.5, 0.6) is 11.5 Å². The van der Waals surface area contributed by atoms with Crippen molar-refractivity contribution in [1.29, 1.82) is 5.26 Å². The van der Waals surface area contributed by atoms with Crippen LogP contribution in [0.4, 0.5) is 0 Å². The van der Waals surface area contributed by atoms with Crippen LogP contribution >= 0.6 is 0 Å². The highest BCUT2D eigenvalue weighted by Crippen LogP contribution is 2.28. The maximum absolute atomic E-state index is 12.0. The zero-order valence-electron chi connectivity index (χ0n) is 14.1. The number of nitriles is 1. The van der Waals surface area contributed by atoms with Gasteiger partial charge in [-0.25, -0.2) is 0 Å². The van der Waals surface area contributed by atoms with Crippen LogP contribution in [0.25, 0.3) is 0 Å². The summed E-state index contributed by atoms with van der Waals surface area (Å²) in [4.78, 5) is 23.3. The number of nitrogens with one attached hydrogen (secondary N) is 1. The van der Waals surface area contributed by atoms with E-state index in [-0.39, 0.29) is 18.3 Å². The SMILES string of the molecule is COc1cc(C(C)=O)ccc1OCC(=O)N[C@@](C)(C#N)C(C)C. The van der Waals surface area contributed by atoms with Gasteiger partial charge in [0.2, 0.25) is 0 Å². The minimum atomic E-state index is -0.955. The molecule has 0 aliphatic heterocycles. The highest BCUT2D eigenvalue weighted by atomic mass is 16.5. The van der Waals surface area contributed by atoms with Crippen LogP contribution in [0.1, 0.15) is 38.1 Å². The largest absolute Gasteiger partial charge is 0.493 e. The molecule has 1 rings (SSSR count). The molecule has 0 unspecified atom stereocenters. The van der Waals surface area contributed by atoms with Gasteiger partial charge in [0.1, 0.15) is 5.54 Å². The van der Waals surface area contributed by atoms with Crippen molar-refractivity contribution < 1.29 is 19.1 Å². The average molecular weight is 318 g/mol. The summed E-state index contributed by atoms with van der Waals surface area (Å²) in [6, 6.07) is 6.84. The smallest absolute Gasteiger partial charge is 0.259 e. The third-order valence-electron chi connectivity index (χ3n) is 3.71. The molecule has 0 fully saturated rings. The van der Waals surface area contributed by atoms with Crippen molar-refractivity contribution in [2.75, 3.05) is 13.7 Å². The summed E-state index contributed by atoms with van der Waals surface area (Å²) in [5, 5.41) is 11.9. The average Bonchev–Trinajstić information content (AvgIpc) is 2.52. The second-order valence-corrected chi connectivity index (χ2v) is 5.73. The minimum Gasteiger partial charge on any atom is -0.493 e. The second-order valence-electron chi connectivity index (χ2n) is 5.73. The molecule has 0 aliphatic carbocycles. The number of methoxy groups -OCH3 is 1. The van der Waals surface area contributed by atoms with E-state index in [1.165, 1.54) is 14.0 Å². The van der Waals surface area contributed by atoms with Gasteiger partial charge in [-0.3, -0.25) is 9.59 Å². The molecule has 0 aliphatic rings. The number of hydrogen-bond acceptors (Lipinski definition) is 5. The first-order chi connectivity index (χ1) is 10.7. The highest BCUT2D eigenvalue weighted by molar-refractivity contribution is 5.94. The topological polar surface area (TPSA) is 88.4 Å². The van der Waals surface area contributed by atoms with E-state index in [0.29, 0.717) is 17.1 Å². The Morgan fingerprint density at radius 2 is 2.00 bits per heavy atom. The van der Waals surface area contributed by atoms with Crippen molar-refractivity contribution in [2.24, 2.45) is 5.92 Å². The van der Waals surface area contributed by atoms with Gasteiger partial charge in [0.15, 0.2) is 23.9 Å². The molecule has 0 radical (unpaired) electrons. The molecule has 0 saturated carbocycles. The van der Waals surface area contributed by atoms with Gasteiger partial charge in [0.05, 0.1) is 13.2 Å². The predicted octanol–water partition coefficient (Wildman–Crippen LogP) is 2.33. The first-order valence-corrected chi connectivity index (χ1v) is 7.27. The first-order valence-electron chi connectivity index (χ1n) is 7.27. The summed E-state index contributed by atoms with van der Waals surface area (Å²) < 4.78 is 10.6. The van der Waals surface area contributed by atoms with E-state index < -0.39 is 11.4 Å². The Hall–Kier alpha value is -2.55. The molecular formula is C17H22N2O4. The van der Waals surface area contributed by atoms with E-state index in [1.807, 2.05) is 13.8 Å². The van der Waals surface area contributed by atoms with Gasteiger partial charge in [0, 0.05) is 5.56 Å². The lowest BCUT2D eigenvalue weighted by Gasteiger charge is -2.27. The number of carbonyl (C=O) groups excluding carboxylic acids is 2. The van der Waals surface area contributed by atoms with Crippen LogP contribution in [0.15, 0.2) is 18.2 Å². The lowest BCUT2D eigenvalue weighted by molar-refractivity contribution is -0.124. The van der Waals surface area contributed by atoms with Gasteiger partial charge in [-0.1, -0.05) is 13.8 Å². The van der Waals surface area contributed by atoms with E-state index in [0.717, 1.165) is 0 Å². The molecular weight excluding hydrogens is 296 g/mol. The van der Waals surface area contributed by atoms with Crippen LogP contribution in [0.2, 0.25) is 0 Å². The summed E-state index contributed by atoms with van der Waals surface area (Å²) in [7, 11) is 1.46. The van der Waals surface area contributed by atoms with E-state index in [9.17, 15) is 14.9 Å². The maximum Gasteiger partial charge on any atom is 0.259 e. The number of ketones is 1. The third kappa shape index (κ3) is 4.71. The van der Waals surface area contributed by atoms with Gasteiger partial charge in [0.25, 0.3) is 5.91 Å². The normalized spacial score (nSPS) is 12.9. The van der Waals surface area contributed by atoms with Crippen molar-refractivity contribution in [3.63, 3.8) is 0 Å². The van der Waals surface area contributed by atoms with E-state index >= 15 is 0 Å². The summed E-state index contributed by atoms with van der Waals surface area (Å²) >= 11 is 0. The Morgan fingerprint density at radius 1 is 1.35 bits per heavy atom. The minimum absolute atomic E-state index is 0.0409. The molecule has 1 aromatic carbocycles. The quantitative estimate of drug-likeness (QED) is 0.779. The van der Waals surface area contributed by atoms with Crippen molar-refractivity contribution >= 4 is 11.7 Å². The van der Waals surface area contributed by atoms with Crippen LogP contribution in [0.3, 0.4) is 0 Å². The number of rotatable bonds is 7. The molecule has 0 heterocycles. The van der Waals surface area contributed by atoms with Crippen molar-refractivity contribution in [3.8, 4) is 17.6 Å². The first kappa shape index (κ1) is 18.5. The summed E-state index contributed by atoms with van der Waals surface area (Å²) in [5.74, 6) is 0.198. The third-order valence-corrected chi connectivity index (χ3v) is 3.71. The van der Waals surface area contributed by atoms with Gasteiger partial charge >= 0.3 is 0 Å². The molecule has 0 saturated heterocycles. The fraction of sp³-hybridized carbons (Fsp3) is 0.471. The monoisotopic (exact) mass is 318 g/mol. The fourth-order valence-corrected chi connectivity index (χ4v) is 1.78. The summed E-state index contributed by atoms with van der Waals surface area (Å²) in [5.41, 5.74) is -0.459. The number of nitrogens with zero attached hydrogens (tertiary/aromatic N) is 1. The van der Waals surface area contributed by atoms with Gasteiger partial charge < -0.3 is 14.8 Å². The van der Waals surface area contributed by atoms with Gasteiger partial charge in [-0.2, -0.15) is 5.26 Å². The lowest BCUT2D eigenvalue weighted by Crippen LogP contribution is -2.50. The van der Waals surface area contributed by atoms with E-state index in [1.54, 1.807) is 25.1 Å². The summed E-state index contributed by atoms with van der Waals surface area (Å²) in [6.45, 7) is 6.58. The lowest BCUT2D eigenvalue weighted by atomic mass is 9.90. The maximum atomic E-state index is 12.0. The molecule has 124 valence electrons. The van der Waals surface area contributed by atoms with Crippen molar-refractivity contribution in [3.05, 3.63) is 23.8 Å². The molecule has 1 N–H and O–H groups in total. The van der Waals surface area contributed by atoms with Crippen LogP contribution < -0.4 is 14.8 Å². The standard InChI is InChI=1S/C17H22N2O4/c1-11(2)17(4,10-18)19-16(21)9-23-14-7-6-13(12(3)20)8-15(14)22-5/h6-8,11H,9H2,1-5H3,(H,19,21)/t17-/m0/s1. The molecule has 0 aromatic heterocycles. The van der Waals surface area contributed by atoms with Crippen molar-refractivity contribution in [1.82, 2.24) is 5.32 Å². The molecule has 1 atom stereocenters. The molecule has 1 aromatic rings. The molecule has 6 heteroatoms. The highest BCUT2D eigenvalue weighted by Gasteiger charge is 2.30. The zero-order valence-corrected chi connectivity index (χ0v) is 14.1. The zero-order chi connectivity index (χ0) is 17.6. The number of ether oxygens (including phenoxy) is 2. The molecule has 1 amide bonds. The Balaban J connectivity index is 2.77. The molecule has 0 spiro atoms. The Labute approximate surface area is 136 Å². The Bertz CT molecular complexity index is 634. The second kappa shape index (κ2) is 7.63. The fourth-order valence-electron chi connectivity index (χ4n) is 1.78. The van der Waals surface area contributed by atoms with E-state index in [2.05, 4.69) is 11.4 Å². The summed E-state index contributed by atoms with van der Waals surface area (Å²) in [6.07, 6.45) is 0. The van der Waals surface area contributed by atoms with Crippen LogP contribution in [0, 0.1) is 17.2 Å². The molecule has 6 nitrogen and oxygen atoms in total. The molecule has 23 heavy (non-hydrogen) atoms. The Morgan fingerprint density at radius 3 is 2.48 bits per heavy atom. The number of Topliss-reactive ketones (excluding diaryl/α,β-unsaturated/α-hetero) is 1. The van der Waals surface area contributed by atoms with Crippen LogP contribution in [-0.4, -0.2) is 30.9 Å². The Kier molecular flexibility index (Phi) is 6.14.